The molecule has 5 unspecified atom stereocenters. The molecule has 0 aromatic heterocycles. The molecule has 3 rings (SSSR count). The van der Waals surface area contributed by atoms with E-state index in [4.69, 9.17) is 4.74 Å². The molecular formula is C20H28O3. The van der Waals surface area contributed by atoms with Crippen LogP contribution in [-0.2, 0) is 9.53 Å². The molecule has 0 aromatic rings. The molecule has 0 spiro atoms. The van der Waals surface area contributed by atoms with Crippen molar-refractivity contribution in [3.05, 3.63) is 35.5 Å². The van der Waals surface area contributed by atoms with Crippen LogP contribution in [0.5, 0.6) is 0 Å². The van der Waals surface area contributed by atoms with E-state index in [9.17, 15) is 9.90 Å². The maximum atomic E-state index is 12.9. The molecular weight excluding hydrogens is 288 g/mol. The summed E-state index contributed by atoms with van der Waals surface area (Å²) in [5.41, 5.74) is 2.20. The minimum absolute atomic E-state index is 0.00375. The van der Waals surface area contributed by atoms with Crippen molar-refractivity contribution in [1.82, 2.24) is 0 Å². The predicted octanol–water partition coefficient (Wildman–Crippen LogP) is 3.73. The molecule has 5 atom stereocenters. The van der Waals surface area contributed by atoms with Gasteiger partial charge in [0.15, 0.2) is 5.78 Å². The van der Waals surface area contributed by atoms with Crippen molar-refractivity contribution in [2.75, 3.05) is 0 Å². The molecule has 1 aliphatic heterocycles. The van der Waals surface area contributed by atoms with E-state index < -0.39 is 6.10 Å². The minimum atomic E-state index is -0.610. The second-order valence-electron chi connectivity index (χ2n) is 8.02. The van der Waals surface area contributed by atoms with Gasteiger partial charge in [0.2, 0.25) is 0 Å². The van der Waals surface area contributed by atoms with E-state index in [1.165, 1.54) is 5.57 Å². The van der Waals surface area contributed by atoms with Crippen LogP contribution in [0.1, 0.15) is 53.4 Å². The lowest BCUT2D eigenvalue weighted by Gasteiger charge is -2.44. The molecule has 3 heteroatoms. The van der Waals surface area contributed by atoms with E-state index in [0.29, 0.717) is 5.57 Å². The molecule has 0 aromatic carbocycles. The Kier molecular flexibility index (Phi) is 3.93. The Morgan fingerprint density at radius 3 is 2.74 bits per heavy atom. The monoisotopic (exact) mass is 316 g/mol. The Labute approximate surface area is 139 Å². The quantitative estimate of drug-likeness (QED) is 0.547. The highest BCUT2D eigenvalue weighted by Crippen LogP contribution is 2.51. The summed E-state index contributed by atoms with van der Waals surface area (Å²) < 4.78 is 5.76. The average molecular weight is 316 g/mol. The first kappa shape index (κ1) is 16.7. The number of epoxide rings is 1. The number of aliphatic hydroxyl groups is 1. The second-order valence-corrected chi connectivity index (χ2v) is 8.02. The maximum absolute atomic E-state index is 12.9. The number of hydrogen-bond donors (Lipinski definition) is 1. The van der Waals surface area contributed by atoms with Crippen molar-refractivity contribution in [2.45, 2.75) is 71.2 Å². The standard InChI is InChI=1S/C20H28O3/c1-12-7-6-9-20(5)18(23-20)17(22)15-11-16(21)14(3)19(4,10-8-12)13(15)2/h7,11,14,16,18,21H,2,6,8-10H2,1,3-5H3/b12-7+. The van der Waals surface area contributed by atoms with E-state index in [2.05, 4.69) is 33.4 Å². The van der Waals surface area contributed by atoms with Crippen LogP contribution in [0.4, 0.5) is 0 Å². The SMILES string of the molecule is C=C1C2=CC(O)C(C)C1(C)CC/C(C)=C/CCC1(C)OC1C2=O. The van der Waals surface area contributed by atoms with Crippen LogP contribution in [0.15, 0.2) is 35.5 Å². The highest BCUT2D eigenvalue weighted by Gasteiger charge is 2.58. The summed E-state index contributed by atoms with van der Waals surface area (Å²) in [5, 5.41) is 10.5. The lowest BCUT2D eigenvalue weighted by Crippen LogP contribution is -2.41. The fourth-order valence-corrected chi connectivity index (χ4v) is 4.05. The van der Waals surface area contributed by atoms with Crippen LogP contribution in [0.3, 0.4) is 0 Å². The van der Waals surface area contributed by atoms with Gasteiger partial charge < -0.3 is 9.84 Å². The second kappa shape index (κ2) is 5.42. The molecule has 126 valence electrons. The van der Waals surface area contributed by atoms with E-state index in [1.807, 2.05) is 6.92 Å². The smallest absolute Gasteiger partial charge is 0.194 e. The largest absolute Gasteiger partial charge is 0.389 e. The van der Waals surface area contributed by atoms with Crippen LogP contribution < -0.4 is 0 Å². The number of ether oxygens (including phenoxy) is 1. The van der Waals surface area contributed by atoms with Gasteiger partial charge in [-0.15, -0.1) is 0 Å². The van der Waals surface area contributed by atoms with Gasteiger partial charge in [0, 0.05) is 5.57 Å². The Bertz CT molecular complexity index is 614. The summed E-state index contributed by atoms with van der Waals surface area (Å²) in [4.78, 5) is 12.9. The van der Waals surface area contributed by atoms with Crippen LogP contribution in [0, 0.1) is 11.3 Å². The molecule has 1 heterocycles. The number of carbonyl (C=O) groups is 1. The highest BCUT2D eigenvalue weighted by atomic mass is 16.6. The van der Waals surface area contributed by atoms with E-state index >= 15 is 0 Å². The number of Topliss-reactive ketones (excluding diaryl/α,β-unsaturated/α-hetero) is 1. The first-order chi connectivity index (χ1) is 10.7. The molecule has 3 nitrogen and oxygen atoms in total. The lowest BCUT2D eigenvalue weighted by molar-refractivity contribution is -0.117. The molecule has 2 bridgehead atoms. The molecule has 0 amide bonds. The molecule has 2 aliphatic carbocycles. The molecule has 1 saturated heterocycles. The molecule has 1 N–H and O–H groups in total. The third-order valence-electron chi connectivity index (χ3n) is 6.43. The van der Waals surface area contributed by atoms with Gasteiger partial charge in [-0.3, -0.25) is 4.79 Å². The fourth-order valence-electron chi connectivity index (χ4n) is 4.05. The summed E-state index contributed by atoms with van der Waals surface area (Å²) in [7, 11) is 0. The van der Waals surface area contributed by atoms with E-state index in [0.717, 1.165) is 31.3 Å². The average Bonchev–Trinajstić information content (AvgIpc) is 3.17. The van der Waals surface area contributed by atoms with Crippen molar-refractivity contribution in [1.29, 1.82) is 0 Å². The maximum Gasteiger partial charge on any atom is 0.194 e. The van der Waals surface area contributed by atoms with Crippen molar-refractivity contribution < 1.29 is 14.6 Å². The number of allylic oxidation sites excluding steroid dienone is 3. The fraction of sp³-hybridized carbons (Fsp3) is 0.650. The number of hydrogen-bond acceptors (Lipinski definition) is 3. The van der Waals surface area contributed by atoms with Gasteiger partial charge in [0.1, 0.15) is 11.7 Å². The van der Waals surface area contributed by atoms with Gasteiger partial charge in [-0.2, -0.15) is 0 Å². The van der Waals surface area contributed by atoms with Crippen molar-refractivity contribution in [3.63, 3.8) is 0 Å². The van der Waals surface area contributed by atoms with Crippen molar-refractivity contribution in [2.24, 2.45) is 11.3 Å². The predicted molar refractivity (Wildman–Crippen MR) is 91.0 cm³/mol. The van der Waals surface area contributed by atoms with E-state index in [1.54, 1.807) is 6.08 Å². The Hall–Kier alpha value is -1.19. The molecule has 1 fully saturated rings. The number of fused-ring (bicyclic) bond motifs is 3. The highest BCUT2D eigenvalue weighted by molar-refractivity contribution is 6.05. The zero-order chi connectivity index (χ0) is 17.0. The van der Waals surface area contributed by atoms with Crippen LogP contribution >= 0.6 is 0 Å². The number of aliphatic hydroxyl groups excluding tert-OH is 1. The summed E-state index contributed by atoms with van der Waals surface area (Å²) in [6.07, 6.45) is 6.65. The zero-order valence-electron chi connectivity index (χ0n) is 14.7. The van der Waals surface area contributed by atoms with E-state index in [-0.39, 0.29) is 28.8 Å². The summed E-state index contributed by atoms with van der Waals surface area (Å²) in [5.74, 6) is 0.0461. The van der Waals surface area contributed by atoms with Crippen LogP contribution in [-0.4, -0.2) is 28.7 Å². The zero-order valence-corrected chi connectivity index (χ0v) is 14.7. The first-order valence-electron chi connectivity index (χ1n) is 8.66. The number of ketones is 1. The molecule has 0 saturated carbocycles. The van der Waals surface area contributed by atoms with Gasteiger partial charge in [0.25, 0.3) is 0 Å². The summed E-state index contributed by atoms with van der Waals surface area (Å²) >= 11 is 0. The van der Waals surface area contributed by atoms with Gasteiger partial charge in [0.05, 0.1) is 6.10 Å². The van der Waals surface area contributed by atoms with Crippen molar-refractivity contribution in [3.8, 4) is 0 Å². The van der Waals surface area contributed by atoms with Crippen molar-refractivity contribution >= 4 is 5.78 Å². The van der Waals surface area contributed by atoms with Gasteiger partial charge in [-0.1, -0.05) is 32.1 Å². The summed E-state index contributed by atoms with van der Waals surface area (Å²) in [6, 6.07) is 0. The molecule has 23 heavy (non-hydrogen) atoms. The first-order valence-corrected chi connectivity index (χ1v) is 8.66. The third-order valence-corrected chi connectivity index (χ3v) is 6.43. The minimum Gasteiger partial charge on any atom is -0.389 e. The summed E-state index contributed by atoms with van der Waals surface area (Å²) in [6.45, 7) is 12.6. The Balaban J connectivity index is 2.03. The normalized spacial score (nSPS) is 46.7. The molecule has 0 radical (unpaired) electrons. The third kappa shape index (κ3) is 2.64. The van der Waals surface area contributed by atoms with Gasteiger partial charge in [-0.25, -0.2) is 0 Å². The lowest BCUT2D eigenvalue weighted by atomic mass is 9.61. The Morgan fingerprint density at radius 2 is 2.04 bits per heavy atom. The Morgan fingerprint density at radius 1 is 1.35 bits per heavy atom. The number of carbonyl (C=O) groups excluding carboxylic acids is 1. The van der Waals surface area contributed by atoms with Crippen LogP contribution in [0.25, 0.3) is 0 Å². The van der Waals surface area contributed by atoms with Gasteiger partial charge >= 0.3 is 0 Å². The molecule has 3 aliphatic rings. The topological polar surface area (TPSA) is 49.8 Å². The number of rotatable bonds is 0. The van der Waals surface area contributed by atoms with Gasteiger partial charge in [-0.05, 0) is 62.5 Å². The van der Waals surface area contributed by atoms with Crippen LogP contribution in [0.2, 0.25) is 0 Å².